The Bertz CT molecular complexity index is 908. The van der Waals surface area contributed by atoms with Gasteiger partial charge in [-0.05, 0) is 40.5 Å². The van der Waals surface area contributed by atoms with Crippen molar-refractivity contribution < 1.29 is 19.7 Å². The lowest BCUT2D eigenvalue weighted by molar-refractivity contribution is -0.136. The van der Waals surface area contributed by atoms with Crippen molar-refractivity contribution in [1.82, 2.24) is 0 Å². The smallest absolute Gasteiger partial charge is 0.307 e. The van der Waals surface area contributed by atoms with Gasteiger partial charge in [-0.3, -0.25) is 4.79 Å². The Morgan fingerprint density at radius 1 is 0.893 bits per heavy atom. The molecule has 3 aromatic carbocycles. The van der Waals surface area contributed by atoms with Gasteiger partial charge in [0.1, 0.15) is 12.4 Å². The number of aliphatic carboxylic acids is 1. The molecule has 0 fully saturated rings. The van der Waals surface area contributed by atoms with E-state index in [1.54, 1.807) is 12.1 Å². The monoisotopic (exact) mass is 379 g/mol. The van der Waals surface area contributed by atoms with Crippen LogP contribution in [0.4, 0.5) is 0 Å². The number of hydrogen-bond acceptors (Lipinski definition) is 4. The van der Waals surface area contributed by atoms with Gasteiger partial charge in [-0.25, -0.2) is 0 Å². The number of para-hydroxylation sites is 1. The maximum Gasteiger partial charge on any atom is 0.307 e. The van der Waals surface area contributed by atoms with Gasteiger partial charge in [0.15, 0.2) is 0 Å². The van der Waals surface area contributed by atoms with E-state index in [1.165, 1.54) is 0 Å². The summed E-state index contributed by atoms with van der Waals surface area (Å²) in [6.07, 6.45) is -0.0535. The van der Waals surface area contributed by atoms with E-state index in [9.17, 15) is 4.79 Å². The van der Waals surface area contributed by atoms with Crippen molar-refractivity contribution in [2.24, 2.45) is 5.73 Å². The third-order valence-corrected chi connectivity index (χ3v) is 4.13. The molecular weight excluding hydrogens is 354 g/mol. The SMILES string of the molecule is CO.NCc1cccc(-c2cccc(COc3ccccc3CC(=O)O)c2)c1. The van der Waals surface area contributed by atoms with E-state index in [0.717, 1.165) is 29.4 Å². The Morgan fingerprint density at radius 2 is 1.50 bits per heavy atom. The fourth-order valence-corrected chi connectivity index (χ4v) is 2.83. The van der Waals surface area contributed by atoms with Crippen molar-refractivity contribution in [2.75, 3.05) is 7.11 Å². The maximum absolute atomic E-state index is 11.0. The second kappa shape index (κ2) is 10.9. The number of carboxylic acid groups (broad SMARTS) is 1. The lowest BCUT2D eigenvalue weighted by Crippen LogP contribution is -2.04. The second-order valence-corrected chi connectivity index (χ2v) is 6.07. The average Bonchev–Trinajstić information content (AvgIpc) is 2.74. The Labute approximate surface area is 165 Å². The fraction of sp³-hybridized carbons (Fsp3) is 0.174. The minimum absolute atomic E-state index is 0.0535. The molecule has 0 bridgehead atoms. The Balaban J connectivity index is 0.00000136. The van der Waals surface area contributed by atoms with Gasteiger partial charge in [0.25, 0.3) is 0 Å². The van der Waals surface area contributed by atoms with Gasteiger partial charge >= 0.3 is 5.97 Å². The quantitative estimate of drug-likeness (QED) is 0.583. The van der Waals surface area contributed by atoms with Crippen molar-refractivity contribution in [3.05, 3.63) is 89.5 Å². The summed E-state index contributed by atoms with van der Waals surface area (Å²) >= 11 is 0. The number of nitrogens with two attached hydrogens (primary N) is 1. The molecule has 4 N–H and O–H groups in total. The zero-order chi connectivity index (χ0) is 20.4. The summed E-state index contributed by atoms with van der Waals surface area (Å²) in [5.74, 6) is -0.270. The molecule has 0 saturated heterocycles. The normalized spacial score (nSPS) is 9.96. The molecule has 0 aliphatic heterocycles. The minimum atomic E-state index is -0.872. The molecule has 0 aromatic heterocycles. The molecule has 0 saturated carbocycles. The van der Waals surface area contributed by atoms with E-state index in [4.69, 9.17) is 20.7 Å². The van der Waals surface area contributed by atoms with E-state index in [-0.39, 0.29) is 6.42 Å². The van der Waals surface area contributed by atoms with Crippen molar-refractivity contribution in [1.29, 1.82) is 0 Å². The highest BCUT2D eigenvalue weighted by Crippen LogP contribution is 2.24. The standard InChI is InChI=1S/C22H21NO3.CH4O/c23-14-16-5-3-8-18(11-16)19-9-4-6-17(12-19)15-26-21-10-2-1-7-20(21)13-22(24)25;1-2/h1-12H,13-15,23H2,(H,24,25);2H,1H3. The minimum Gasteiger partial charge on any atom is -0.489 e. The van der Waals surface area contributed by atoms with Crippen LogP contribution >= 0.6 is 0 Å². The van der Waals surface area contributed by atoms with Gasteiger partial charge in [0.05, 0.1) is 6.42 Å². The van der Waals surface area contributed by atoms with Crippen molar-refractivity contribution in [3.8, 4) is 16.9 Å². The first kappa shape index (κ1) is 21.2. The number of carboxylic acids is 1. The number of aliphatic hydroxyl groups excluding tert-OH is 1. The Morgan fingerprint density at radius 3 is 2.14 bits per heavy atom. The highest BCUT2D eigenvalue weighted by Gasteiger charge is 2.08. The second-order valence-electron chi connectivity index (χ2n) is 6.07. The van der Waals surface area contributed by atoms with Crippen LogP contribution in [0.25, 0.3) is 11.1 Å². The third kappa shape index (κ3) is 5.94. The first-order valence-corrected chi connectivity index (χ1v) is 8.91. The lowest BCUT2D eigenvalue weighted by Gasteiger charge is -2.11. The zero-order valence-corrected chi connectivity index (χ0v) is 15.8. The molecule has 28 heavy (non-hydrogen) atoms. The van der Waals surface area contributed by atoms with Crippen molar-refractivity contribution in [2.45, 2.75) is 19.6 Å². The Hall–Kier alpha value is -3.15. The van der Waals surface area contributed by atoms with E-state index >= 15 is 0 Å². The molecule has 0 radical (unpaired) electrons. The molecule has 0 spiro atoms. The van der Waals surface area contributed by atoms with Crippen molar-refractivity contribution in [3.63, 3.8) is 0 Å². The number of benzene rings is 3. The number of rotatable bonds is 7. The van der Waals surface area contributed by atoms with Gasteiger partial charge in [-0.1, -0.05) is 54.6 Å². The summed E-state index contributed by atoms with van der Waals surface area (Å²) < 4.78 is 5.88. The number of ether oxygens (including phenoxy) is 1. The molecule has 0 atom stereocenters. The van der Waals surface area contributed by atoms with Crippen LogP contribution in [-0.4, -0.2) is 23.3 Å². The van der Waals surface area contributed by atoms with Crippen LogP contribution in [-0.2, 0) is 24.4 Å². The van der Waals surface area contributed by atoms with E-state index in [2.05, 4.69) is 24.3 Å². The molecule has 0 amide bonds. The lowest BCUT2D eigenvalue weighted by atomic mass is 10.0. The molecule has 5 heteroatoms. The van der Waals surface area contributed by atoms with Crippen LogP contribution in [0.5, 0.6) is 5.75 Å². The Kier molecular flexibility index (Phi) is 8.21. The zero-order valence-electron chi connectivity index (χ0n) is 15.8. The molecule has 0 aliphatic carbocycles. The van der Waals surface area contributed by atoms with E-state index in [0.29, 0.717) is 24.5 Å². The molecule has 0 aliphatic rings. The van der Waals surface area contributed by atoms with Gasteiger partial charge in [0.2, 0.25) is 0 Å². The molecule has 5 nitrogen and oxygen atoms in total. The van der Waals surface area contributed by atoms with Gasteiger partial charge in [-0.15, -0.1) is 0 Å². The van der Waals surface area contributed by atoms with E-state index in [1.807, 2.05) is 36.4 Å². The molecule has 3 rings (SSSR count). The van der Waals surface area contributed by atoms with Crippen molar-refractivity contribution >= 4 is 5.97 Å². The first-order chi connectivity index (χ1) is 13.7. The van der Waals surface area contributed by atoms with Crippen LogP contribution in [0.3, 0.4) is 0 Å². The van der Waals surface area contributed by atoms with Gasteiger partial charge in [0, 0.05) is 19.2 Å². The average molecular weight is 379 g/mol. The highest BCUT2D eigenvalue weighted by molar-refractivity contribution is 5.71. The number of carbonyl (C=O) groups is 1. The predicted octanol–water partition coefficient (Wildman–Crippen LogP) is 3.63. The van der Waals surface area contributed by atoms with Crippen LogP contribution in [0.1, 0.15) is 16.7 Å². The summed E-state index contributed by atoms with van der Waals surface area (Å²) in [6.45, 7) is 0.887. The first-order valence-electron chi connectivity index (χ1n) is 8.91. The maximum atomic E-state index is 11.0. The van der Waals surface area contributed by atoms with Crippen LogP contribution < -0.4 is 10.5 Å². The van der Waals surface area contributed by atoms with Crippen LogP contribution in [0.15, 0.2) is 72.8 Å². The molecule has 0 heterocycles. The molecule has 3 aromatic rings. The highest BCUT2D eigenvalue weighted by atomic mass is 16.5. The largest absolute Gasteiger partial charge is 0.489 e. The van der Waals surface area contributed by atoms with Gasteiger partial charge in [-0.2, -0.15) is 0 Å². The summed E-state index contributed by atoms with van der Waals surface area (Å²) in [5, 5.41) is 16.0. The summed E-state index contributed by atoms with van der Waals surface area (Å²) in [5.41, 5.74) is 10.7. The number of aliphatic hydroxyl groups is 1. The summed E-state index contributed by atoms with van der Waals surface area (Å²) in [4.78, 5) is 11.0. The molecule has 146 valence electrons. The molecule has 0 unspecified atom stereocenters. The summed E-state index contributed by atoms with van der Waals surface area (Å²) in [6, 6.07) is 23.5. The fourth-order valence-electron chi connectivity index (χ4n) is 2.83. The third-order valence-electron chi connectivity index (χ3n) is 4.13. The predicted molar refractivity (Wildman–Crippen MR) is 110 cm³/mol. The van der Waals surface area contributed by atoms with Crippen LogP contribution in [0, 0.1) is 0 Å². The molecular formula is C23H25NO4. The summed E-state index contributed by atoms with van der Waals surface area (Å²) in [7, 11) is 1.00. The van der Waals surface area contributed by atoms with Gasteiger partial charge < -0.3 is 20.7 Å². The number of hydrogen-bond donors (Lipinski definition) is 3. The van der Waals surface area contributed by atoms with Crippen LogP contribution in [0.2, 0.25) is 0 Å². The van der Waals surface area contributed by atoms with E-state index < -0.39 is 5.97 Å². The topological polar surface area (TPSA) is 92.8 Å².